The molecule has 3 aromatic rings. The van der Waals surface area contributed by atoms with Gasteiger partial charge in [0, 0.05) is 13.0 Å². The van der Waals surface area contributed by atoms with E-state index >= 15 is 0 Å². The van der Waals surface area contributed by atoms with E-state index in [1.54, 1.807) is 6.07 Å². The fraction of sp³-hybridized carbons (Fsp3) is 0.235. The zero-order valence-corrected chi connectivity index (χ0v) is 15.3. The summed E-state index contributed by atoms with van der Waals surface area (Å²) in [6.07, 6.45) is -4.18. The number of hydrogen-bond acceptors (Lipinski definition) is 4. The van der Waals surface area contributed by atoms with Crippen LogP contribution in [0.15, 0.2) is 46.6 Å². The molecule has 0 aliphatic heterocycles. The highest BCUT2D eigenvalue weighted by atomic mass is 35.5. The third kappa shape index (κ3) is 4.54. The minimum absolute atomic E-state index is 0.000964. The van der Waals surface area contributed by atoms with Crippen molar-refractivity contribution in [2.24, 2.45) is 0 Å². The summed E-state index contributed by atoms with van der Waals surface area (Å²) in [6.45, 7) is 0.406. The van der Waals surface area contributed by atoms with E-state index < -0.39 is 22.9 Å². The first-order valence-electron chi connectivity index (χ1n) is 7.84. The second-order valence-corrected chi connectivity index (χ2v) is 6.97. The Morgan fingerprint density at radius 3 is 2.59 bits per heavy atom. The normalized spacial score (nSPS) is 11.9. The number of pyridine rings is 1. The molecular weight excluding hydrogens is 403 g/mol. The molecule has 0 unspecified atom stereocenters. The number of benzene rings is 1. The number of nitrogens with zero attached hydrogens (tertiary/aromatic N) is 3. The fourth-order valence-corrected chi connectivity index (χ4v) is 3.73. The number of carbonyl (C=O) groups is 1. The average Bonchev–Trinajstić information content (AvgIpc) is 2.91. The first-order valence-corrected chi connectivity index (χ1v) is 9.04. The van der Waals surface area contributed by atoms with Crippen LogP contribution in [0, 0.1) is 0 Å². The monoisotopic (exact) mass is 415 g/mol. The summed E-state index contributed by atoms with van der Waals surface area (Å²) in [5.74, 6) is -0.898. The van der Waals surface area contributed by atoms with Gasteiger partial charge in [-0.1, -0.05) is 23.7 Å². The van der Waals surface area contributed by atoms with E-state index in [0.29, 0.717) is 23.6 Å². The van der Waals surface area contributed by atoms with Crippen molar-refractivity contribution in [1.29, 1.82) is 0 Å². The number of para-hydroxylation sites is 2. The third-order valence-corrected chi connectivity index (χ3v) is 4.94. The van der Waals surface area contributed by atoms with Gasteiger partial charge in [-0.3, -0.25) is 4.79 Å². The minimum atomic E-state index is -4.57. The van der Waals surface area contributed by atoms with Crippen molar-refractivity contribution in [2.45, 2.75) is 35.7 Å². The van der Waals surface area contributed by atoms with Crippen LogP contribution < -0.4 is 0 Å². The lowest BCUT2D eigenvalue weighted by atomic mass is 10.3. The molecule has 5 nitrogen and oxygen atoms in total. The predicted molar refractivity (Wildman–Crippen MR) is 95.0 cm³/mol. The average molecular weight is 416 g/mol. The SMILES string of the molecule is O=C(O)CCCn1c(Sc2ccc(C(F)(F)F)c(Cl)n2)nc2ccccc21. The van der Waals surface area contributed by atoms with Crippen molar-refractivity contribution in [3.63, 3.8) is 0 Å². The Morgan fingerprint density at radius 2 is 1.93 bits per heavy atom. The van der Waals surface area contributed by atoms with E-state index in [1.807, 2.05) is 22.8 Å². The molecule has 10 heteroatoms. The van der Waals surface area contributed by atoms with Crippen LogP contribution in [0.3, 0.4) is 0 Å². The zero-order chi connectivity index (χ0) is 19.6. The summed E-state index contributed by atoms with van der Waals surface area (Å²) < 4.78 is 40.3. The molecule has 0 radical (unpaired) electrons. The van der Waals surface area contributed by atoms with Gasteiger partial charge in [0.2, 0.25) is 0 Å². The zero-order valence-electron chi connectivity index (χ0n) is 13.7. The van der Waals surface area contributed by atoms with Crippen LogP contribution in [0.4, 0.5) is 13.2 Å². The second kappa shape index (κ2) is 7.77. The predicted octanol–water partition coefficient (Wildman–Crippen LogP) is 5.12. The maximum absolute atomic E-state index is 12.8. The lowest BCUT2D eigenvalue weighted by Crippen LogP contribution is -2.07. The van der Waals surface area contributed by atoms with E-state index in [9.17, 15) is 18.0 Å². The molecule has 0 aliphatic carbocycles. The van der Waals surface area contributed by atoms with Crippen LogP contribution >= 0.6 is 23.4 Å². The minimum Gasteiger partial charge on any atom is -0.481 e. The number of imidazole rings is 1. The van der Waals surface area contributed by atoms with E-state index in [0.717, 1.165) is 23.3 Å². The van der Waals surface area contributed by atoms with E-state index in [-0.39, 0.29) is 11.4 Å². The summed E-state index contributed by atoms with van der Waals surface area (Å²) in [5, 5.41) is 8.98. The Bertz CT molecular complexity index is 991. The molecule has 0 fully saturated rings. The molecule has 27 heavy (non-hydrogen) atoms. The topological polar surface area (TPSA) is 68.0 Å². The highest BCUT2D eigenvalue weighted by Crippen LogP contribution is 2.36. The Hall–Kier alpha value is -2.26. The number of rotatable bonds is 6. The molecule has 0 aliphatic rings. The largest absolute Gasteiger partial charge is 0.481 e. The number of aromatic nitrogens is 3. The molecule has 1 N–H and O–H groups in total. The van der Waals surface area contributed by atoms with Crippen LogP contribution in [0.25, 0.3) is 11.0 Å². The molecule has 0 amide bonds. The molecule has 1 aromatic carbocycles. The molecule has 0 saturated carbocycles. The standard InChI is InChI=1S/C17H13ClF3N3O2S/c18-15-10(17(19,20)21)7-8-13(23-15)27-16-22-11-4-1-2-5-12(11)24(16)9-3-6-14(25)26/h1-2,4-5,7-8H,3,6,9H2,(H,25,26). The molecule has 0 bridgehead atoms. The molecule has 2 heterocycles. The van der Waals surface area contributed by atoms with Gasteiger partial charge in [-0.15, -0.1) is 0 Å². The van der Waals surface area contributed by atoms with Crippen LogP contribution in [-0.4, -0.2) is 25.6 Å². The first-order chi connectivity index (χ1) is 12.8. The van der Waals surface area contributed by atoms with Gasteiger partial charge in [0.15, 0.2) is 5.16 Å². The van der Waals surface area contributed by atoms with Crippen LogP contribution in [0.5, 0.6) is 0 Å². The van der Waals surface area contributed by atoms with Gasteiger partial charge in [-0.2, -0.15) is 13.2 Å². The van der Waals surface area contributed by atoms with Gasteiger partial charge in [-0.05, 0) is 42.4 Å². The van der Waals surface area contributed by atoms with Gasteiger partial charge in [-0.25, -0.2) is 9.97 Å². The van der Waals surface area contributed by atoms with E-state index in [1.165, 1.54) is 6.07 Å². The summed E-state index contributed by atoms with van der Waals surface area (Å²) in [7, 11) is 0. The van der Waals surface area contributed by atoms with Crippen molar-refractivity contribution < 1.29 is 23.1 Å². The Balaban J connectivity index is 1.92. The van der Waals surface area contributed by atoms with E-state index in [4.69, 9.17) is 16.7 Å². The number of halogens is 4. The lowest BCUT2D eigenvalue weighted by molar-refractivity contribution is -0.138. The number of aryl methyl sites for hydroxylation is 1. The highest BCUT2D eigenvalue weighted by molar-refractivity contribution is 7.99. The van der Waals surface area contributed by atoms with Gasteiger partial charge >= 0.3 is 12.1 Å². The number of aliphatic carboxylic acids is 1. The number of fused-ring (bicyclic) bond motifs is 1. The van der Waals surface area contributed by atoms with Crippen molar-refractivity contribution >= 4 is 40.4 Å². The molecule has 142 valence electrons. The first kappa shape index (κ1) is 19.5. The summed E-state index contributed by atoms with van der Waals surface area (Å²) in [6, 6.07) is 9.42. The smallest absolute Gasteiger partial charge is 0.419 e. The molecule has 0 saturated heterocycles. The van der Waals surface area contributed by atoms with Crippen LogP contribution in [-0.2, 0) is 17.5 Å². The van der Waals surface area contributed by atoms with E-state index in [2.05, 4.69) is 9.97 Å². The highest BCUT2D eigenvalue weighted by Gasteiger charge is 2.34. The quantitative estimate of drug-likeness (QED) is 0.566. The maximum atomic E-state index is 12.8. The van der Waals surface area contributed by atoms with Gasteiger partial charge in [0.1, 0.15) is 10.2 Å². The van der Waals surface area contributed by atoms with Gasteiger partial charge < -0.3 is 9.67 Å². The van der Waals surface area contributed by atoms with Gasteiger partial charge in [0.05, 0.1) is 16.6 Å². The maximum Gasteiger partial charge on any atom is 0.419 e. The Morgan fingerprint density at radius 1 is 1.19 bits per heavy atom. The summed E-state index contributed by atoms with van der Waals surface area (Å²) >= 11 is 6.75. The van der Waals surface area contributed by atoms with Crippen molar-refractivity contribution in [2.75, 3.05) is 0 Å². The molecule has 2 aromatic heterocycles. The van der Waals surface area contributed by atoms with Crippen LogP contribution in [0.1, 0.15) is 18.4 Å². The molecule has 0 atom stereocenters. The fourth-order valence-electron chi connectivity index (χ4n) is 2.52. The Labute approximate surface area is 161 Å². The molecule has 0 spiro atoms. The lowest BCUT2D eigenvalue weighted by Gasteiger charge is -2.10. The summed E-state index contributed by atoms with van der Waals surface area (Å²) in [5.41, 5.74) is 0.514. The summed E-state index contributed by atoms with van der Waals surface area (Å²) in [4.78, 5) is 19.1. The second-order valence-electron chi connectivity index (χ2n) is 5.62. The molecular formula is C17H13ClF3N3O2S. The number of hydrogen-bond donors (Lipinski definition) is 1. The number of carboxylic acids is 1. The van der Waals surface area contributed by atoms with Crippen molar-refractivity contribution in [1.82, 2.24) is 14.5 Å². The van der Waals surface area contributed by atoms with Gasteiger partial charge in [0.25, 0.3) is 0 Å². The van der Waals surface area contributed by atoms with Crippen LogP contribution in [0.2, 0.25) is 5.15 Å². The number of carboxylic acid groups (broad SMARTS) is 1. The Kier molecular flexibility index (Phi) is 5.61. The molecule has 3 rings (SSSR count). The third-order valence-electron chi connectivity index (χ3n) is 3.72. The van der Waals surface area contributed by atoms with Crippen molar-refractivity contribution in [3.8, 4) is 0 Å². The van der Waals surface area contributed by atoms with Crippen molar-refractivity contribution in [3.05, 3.63) is 47.1 Å². The number of alkyl halides is 3.